The van der Waals surface area contributed by atoms with Gasteiger partial charge in [-0.05, 0) is 43.2 Å². The van der Waals surface area contributed by atoms with E-state index in [1.54, 1.807) is 6.07 Å². The van der Waals surface area contributed by atoms with Gasteiger partial charge in [0.15, 0.2) is 0 Å². The SMILES string of the molecule is Cc1ccc2c(c1)nc(N)n2-c1cc(F)c(C)cc1F. The number of nitrogen functional groups attached to an aromatic ring is 1. The first-order valence-electron chi connectivity index (χ1n) is 6.18. The van der Waals surface area contributed by atoms with E-state index in [1.807, 2.05) is 19.1 Å². The number of halogens is 2. The van der Waals surface area contributed by atoms with Crippen LogP contribution in [-0.2, 0) is 0 Å². The van der Waals surface area contributed by atoms with Crippen molar-refractivity contribution in [3.63, 3.8) is 0 Å². The number of fused-ring (bicyclic) bond motifs is 1. The van der Waals surface area contributed by atoms with E-state index >= 15 is 0 Å². The first-order chi connectivity index (χ1) is 9.47. The highest BCUT2D eigenvalue weighted by atomic mass is 19.1. The fourth-order valence-electron chi connectivity index (χ4n) is 2.27. The van der Waals surface area contributed by atoms with Gasteiger partial charge in [-0.15, -0.1) is 0 Å². The predicted molar refractivity (Wildman–Crippen MR) is 74.9 cm³/mol. The number of rotatable bonds is 1. The third-order valence-electron chi connectivity index (χ3n) is 3.30. The van der Waals surface area contributed by atoms with E-state index in [0.717, 1.165) is 17.7 Å². The van der Waals surface area contributed by atoms with E-state index in [1.165, 1.54) is 11.5 Å². The summed E-state index contributed by atoms with van der Waals surface area (Å²) in [6, 6.07) is 7.82. The Labute approximate surface area is 114 Å². The van der Waals surface area contributed by atoms with Crippen LogP contribution in [0.1, 0.15) is 11.1 Å². The molecule has 0 aliphatic carbocycles. The maximum Gasteiger partial charge on any atom is 0.206 e. The molecule has 0 saturated carbocycles. The van der Waals surface area contributed by atoms with Crippen LogP contribution in [0.15, 0.2) is 30.3 Å². The molecule has 0 bridgehead atoms. The molecule has 2 aromatic carbocycles. The highest BCUT2D eigenvalue weighted by molar-refractivity contribution is 5.81. The lowest BCUT2D eigenvalue weighted by Crippen LogP contribution is -2.04. The third kappa shape index (κ3) is 1.82. The standard InChI is InChI=1S/C15H13F2N3/c1-8-3-4-13-12(5-8)19-15(18)20(13)14-7-10(16)9(2)6-11(14)17/h3-7H,1-2H3,(H2,18,19). The zero-order valence-corrected chi connectivity index (χ0v) is 11.1. The molecule has 1 aromatic heterocycles. The van der Waals surface area contributed by atoms with E-state index in [2.05, 4.69) is 4.98 Å². The van der Waals surface area contributed by atoms with Crippen molar-refractivity contribution in [1.82, 2.24) is 9.55 Å². The molecule has 102 valence electrons. The maximum atomic E-state index is 14.1. The minimum absolute atomic E-state index is 0.0666. The van der Waals surface area contributed by atoms with Gasteiger partial charge >= 0.3 is 0 Å². The Kier molecular flexibility index (Phi) is 2.71. The number of aryl methyl sites for hydroxylation is 2. The van der Waals surface area contributed by atoms with E-state index in [9.17, 15) is 8.78 Å². The molecule has 3 aromatic rings. The first-order valence-corrected chi connectivity index (χ1v) is 6.18. The minimum atomic E-state index is -0.532. The molecule has 0 aliphatic heterocycles. The van der Waals surface area contributed by atoms with Gasteiger partial charge in [-0.2, -0.15) is 0 Å². The van der Waals surface area contributed by atoms with Gasteiger partial charge in [0.25, 0.3) is 0 Å². The van der Waals surface area contributed by atoms with Crippen molar-refractivity contribution in [2.75, 3.05) is 5.73 Å². The van der Waals surface area contributed by atoms with Gasteiger partial charge in [0, 0.05) is 6.07 Å². The molecule has 3 rings (SSSR count). The van der Waals surface area contributed by atoms with Crippen molar-refractivity contribution >= 4 is 17.0 Å². The van der Waals surface area contributed by atoms with Crippen molar-refractivity contribution in [3.05, 3.63) is 53.1 Å². The summed E-state index contributed by atoms with van der Waals surface area (Å²) < 4.78 is 29.2. The van der Waals surface area contributed by atoms with Crippen LogP contribution in [-0.4, -0.2) is 9.55 Å². The zero-order valence-electron chi connectivity index (χ0n) is 11.1. The molecule has 0 radical (unpaired) electrons. The van der Waals surface area contributed by atoms with Crippen LogP contribution >= 0.6 is 0 Å². The van der Waals surface area contributed by atoms with Crippen LogP contribution in [0.25, 0.3) is 16.7 Å². The quantitative estimate of drug-likeness (QED) is 0.737. The summed E-state index contributed by atoms with van der Waals surface area (Å²) in [4.78, 5) is 4.20. The Bertz CT molecular complexity index is 822. The molecule has 0 fully saturated rings. The second-order valence-corrected chi connectivity index (χ2v) is 4.85. The summed E-state index contributed by atoms with van der Waals surface area (Å²) >= 11 is 0. The summed E-state index contributed by atoms with van der Waals surface area (Å²) in [5.41, 5.74) is 8.51. The fraction of sp³-hybridized carbons (Fsp3) is 0.133. The van der Waals surface area contributed by atoms with Crippen LogP contribution in [0.3, 0.4) is 0 Å². The monoisotopic (exact) mass is 273 g/mol. The smallest absolute Gasteiger partial charge is 0.206 e. The second kappa shape index (κ2) is 4.30. The molecular weight excluding hydrogens is 260 g/mol. The normalized spacial score (nSPS) is 11.2. The highest BCUT2D eigenvalue weighted by Gasteiger charge is 2.15. The summed E-state index contributed by atoms with van der Waals surface area (Å²) in [5.74, 6) is -0.877. The Balaban J connectivity index is 2.35. The Morgan fingerprint density at radius 2 is 1.80 bits per heavy atom. The van der Waals surface area contributed by atoms with Gasteiger partial charge in [0.2, 0.25) is 5.95 Å². The van der Waals surface area contributed by atoms with Crippen LogP contribution in [0.4, 0.5) is 14.7 Å². The molecule has 0 amide bonds. The van der Waals surface area contributed by atoms with Gasteiger partial charge in [0.05, 0.1) is 16.7 Å². The van der Waals surface area contributed by atoms with Crippen LogP contribution < -0.4 is 5.73 Å². The molecule has 20 heavy (non-hydrogen) atoms. The lowest BCUT2D eigenvalue weighted by Gasteiger charge is -2.09. The van der Waals surface area contributed by atoms with Crippen LogP contribution in [0, 0.1) is 25.5 Å². The van der Waals surface area contributed by atoms with Gasteiger partial charge < -0.3 is 5.73 Å². The number of imidazole rings is 1. The summed E-state index contributed by atoms with van der Waals surface area (Å²) in [7, 11) is 0. The molecule has 0 aliphatic rings. The average Bonchev–Trinajstić information content (AvgIpc) is 2.69. The van der Waals surface area contributed by atoms with Gasteiger partial charge in [-0.25, -0.2) is 13.8 Å². The number of anilines is 1. The molecule has 3 nitrogen and oxygen atoms in total. The fourth-order valence-corrected chi connectivity index (χ4v) is 2.27. The van der Waals surface area contributed by atoms with Gasteiger partial charge in [-0.1, -0.05) is 6.07 Å². The maximum absolute atomic E-state index is 14.1. The number of nitrogens with zero attached hydrogens (tertiary/aromatic N) is 2. The predicted octanol–water partition coefficient (Wildman–Crippen LogP) is 3.50. The van der Waals surface area contributed by atoms with Crippen molar-refractivity contribution in [2.45, 2.75) is 13.8 Å². The van der Waals surface area contributed by atoms with Gasteiger partial charge in [0.1, 0.15) is 11.6 Å². The molecule has 0 unspecified atom stereocenters. The molecule has 1 heterocycles. The molecule has 0 spiro atoms. The summed E-state index contributed by atoms with van der Waals surface area (Å²) in [6.45, 7) is 3.45. The van der Waals surface area contributed by atoms with Crippen molar-refractivity contribution < 1.29 is 8.78 Å². The van der Waals surface area contributed by atoms with Crippen LogP contribution in [0.2, 0.25) is 0 Å². The van der Waals surface area contributed by atoms with Crippen molar-refractivity contribution in [3.8, 4) is 5.69 Å². The molecule has 5 heteroatoms. The van der Waals surface area contributed by atoms with Gasteiger partial charge in [-0.3, -0.25) is 4.57 Å². The molecular formula is C15H13F2N3. The van der Waals surface area contributed by atoms with Crippen molar-refractivity contribution in [1.29, 1.82) is 0 Å². The first kappa shape index (κ1) is 12.6. The Morgan fingerprint density at radius 3 is 2.55 bits per heavy atom. The summed E-state index contributed by atoms with van der Waals surface area (Å²) in [6.07, 6.45) is 0. The molecule has 2 N–H and O–H groups in total. The molecule has 0 saturated heterocycles. The largest absolute Gasteiger partial charge is 0.369 e. The lowest BCUT2D eigenvalue weighted by atomic mass is 10.2. The highest BCUT2D eigenvalue weighted by Crippen LogP contribution is 2.27. The molecule has 0 atom stereocenters. The Hall–Kier alpha value is -2.43. The number of nitrogens with two attached hydrogens (primary N) is 1. The average molecular weight is 273 g/mol. The van der Waals surface area contributed by atoms with Crippen molar-refractivity contribution in [2.24, 2.45) is 0 Å². The van der Waals surface area contributed by atoms with Crippen LogP contribution in [0.5, 0.6) is 0 Å². The number of hydrogen-bond donors (Lipinski definition) is 1. The second-order valence-electron chi connectivity index (χ2n) is 4.85. The zero-order chi connectivity index (χ0) is 14.4. The van der Waals surface area contributed by atoms with E-state index in [0.29, 0.717) is 11.0 Å². The number of benzene rings is 2. The topological polar surface area (TPSA) is 43.8 Å². The number of aromatic nitrogens is 2. The third-order valence-corrected chi connectivity index (χ3v) is 3.30. The van der Waals surface area contributed by atoms with E-state index < -0.39 is 11.6 Å². The lowest BCUT2D eigenvalue weighted by molar-refractivity contribution is 0.587. The summed E-state index contributed by atoms with van der Waals surface area (Å²) in [5, 5.41) is 0. The minimum Gasteiger partial charge on any atom is -0.369 e. The number of hydrogen-bond acceptors (Lipinski definition) is 2. The Morgan fingerprint density at radius 1 is 1.05 bits per heavy atom. The van der Waals surface area contributed by atoms with E-state index in [-0.39, 0.29) is 17.2 Å². The van der Waals surface area contributed by atoms with E-state index in [4.69, 9.17) is 5.73 Å².